The third-order valence-corrected chi connectivity index (χ3v) is 5.33. The molecule has 1 rings (SSSR count). The first-order valence-electron chi connectivity index (χ1n) is 6.08. The maximum atomic E-state index is 10.1. The van der Waals surface area contributed by atoms with Crippen LogP contribution in [0.1, 0.15) is 46.0 Å². The van der Waals surface area contributed by atoms with Crippen LogP contribution >= 0.6 is 11.8 Å². The summed E-state index contributed by atoms with van der Waals surface area (Å²) in [4.78, 5) is 0. The lowest BCUT2D eigenvalue weighted by molar-refractivity contribution is 0.0315. The van der Waals surface area contributed by atoms with Crippen molar-refractivity contribution in [2.45, 2.75) is 56.3 Å². The Kier molecular flexibility index (Phi) is 4.94. The van der Waals surface area contributed by atoms with Gasteiger partial charge in [-0.05, 0) is 31.9 Å². The molecular formula is C12H25NOS. The maximum Gasteiger partial charge on any atom is 0.0766 e. The molecule has 0 radical (unpaired) electrons. The van der Waals surface area contributed by atoms with Crippen LogP contribution in [0.5, 0.6) is 0 Å². The molecule has 2 nitrogen and oxygen atoms in total. The van der Waals surface area contributed by atoms with Crippen LogP contribution in [-0.2, 0) is 0 Å². The van der Waals surface area contributed by atoms with E-state index in [2.05, 4.69) is 25.4 Å². The van der Waals surface area contributed by atoms with Crippen molar-refractivity contribution in [2.75, 3.05) is 19.3 Å². The van der Waals surface area contributed by atoms with E-state index < -0.39 is 5.60 Å². The first-order chi connectivity index (χ1) is 7.10. The molecule has 0 atom stereocenters. The molecule has 0 unspecified atom stereocenters. The number of nitrogens with one attached hydrogen (secondary N) is 1. The average Bonchev–Trinajstić information content (AvgIpc) is 2.22. The molecule has 1 aliphatic rings. The highest BCUT2D eigenvalue weighted by Crippen LogP contribution is 2.42. The summed E-state index contributed by atoms with van der Waals surface area (Å²) in [6, 6.07) is 0. The monoisotopic (exact) mass is 231 g/mol. The SMILES string of the molecule is CCC(O)(CC)CNCC1(SC)CCC1. The molecule has 0 amide bonds. The summed E-state index contributed by atoms with van der Waals surface area (Å²) in [5.74, 6) is 0. The zero-order chi connectivity index (χ0) is 11.4. The Hall–Kier alpha value is 0.270. The Morgan fingerprint density at radius 3 is 2.27 bits per heavy atom. The van der Waals surface area contributed by atoms with Gasteiger partial charge in [0.1, 0.15) is 0 Å². The van der Waals surface area contributed by atoms with Crippen LogP contribution in [0.4, 0.5) is 0 Å². The van der Waals surface area contributed by atoms with Gasteiger partial charge in [0.05, 0.1) is 5.60 Å². The van der Waals surface area contributed by atoms with Gasteiger partial charge in [0, 0.05) is 17.8 Å². The maximum absolute atomic E-state index is 10.1. The lowest BCUT2D eigenvalue weighted by atomic mass is 9.84. The molecule has 2 N–H and O–H groups in total. The largest absolute Gasteiger partial charge is 0.389 e. The van der Waals surface area contributed by atoms with Crippen molar-refractivity contribution in [1.82, 2.24) is 5.32 Å². The van der Waals surface area contributed by atoms with Crippen molar-refractivity contribution in [3.05, 3.63) is 0 Å². The molecule has 3 heteroatoms. The van der Waals surface area contributed by atoms with Crippen molar-refractivity contribution >= 4 is 11.8 Å². The lowest BCUT2D eigenvalue weighted by Crippen LogP contribution is -2.48. The summed E-state index contributed by atoms with van der Waals surface area (Å²) in [5.41, 5.74) is -0.497. The van der Waals surface area contributed by atoms with E-state index in [1.54, 1.807) is 0 Å². The smallest absolute Gasteiger partial charge is 0.0766 e. The highest BCUT2D eigenvalue weighted by atomic mass is 32.2. The van der Waals surface area contributed by atoms with E-state index in [4.69, 9.17) is 0 Å². The first-order valence-corrected chi connectivity index (χ1v) is 7.30. The van der Waals surface area contributed by atoms with Crippen molar-refractivity contribution in [3.63, 3.8) is 0 Å². The molecule has 15 heavy (non-hydrogen) atoms. The van der Waals surface area contributed by atoms with Crippen LogP contribution in [0.2, 0.25) is 0 Å². The molecule has 0 bridgehead atoms. The molecule has 0 saturated heterocycles. The molecule has 0 aromatic rings. The Morgan fingerprint density at radius 2 is 1.93 bits per heavy atom. The lowest BCUT2D eigenvalue weighted by Gasteiger charge is -2.41. The van der Waals surface area contributed by atoms with Crippen molar-refractivity contribution < 1.29 is 5.11 Å². The van der Waals surface area contributed by atoms with Gasteiger partial charge in [0.2, 0.25) is 0 Å². The zero-order valence-corrected chi connectivity index (χ0v) is 11.1. The third kappa shape index (κ3) is 3.36. The standard InChI is InChI=1S/C12H25NOS/c1-4-11(14,5-2)9-13-10-12(15-3)7-6-8-12/h13-14H,4-10H2,1-3H3. The molecule has 0 spiro atoms. The predicted molar refractivity (Wildman–Crippen MR) is 68.5 cm³/mol. The minimum Gasteiger partial charge on any atom is -0.389 e. The van der Waals surface area contributed by atoms with Gasteiger partial charge in [0.25, 0.3) is 0 Å². The molecule has 0 aromatic carbocycles. The molecule has 1 fully saturated rings. The molecule has 90 valence electrons. The summed E-state index contributed by atoms with van der Waals surface area (Å²) in [6.45, 7) is 5.90. The van der Waals surface area contributed by atoms with Crippen molar-refractivity contribution in [2.24, 2.45) is 0 Å². The van der Waals surface area contributed by atoms with Crippen LogP contribution in [0.3, 0.4) is 0 Å². The highest BCUT2D eigenvalue weighted by molar-refractivity contribution is 8.00. The summed E-state index contributed by atoms with van der Waals surface area (Å²) >= 11 is 1.98. The van der Waals surface area contributed by atoms with Crippen molar-refractivity contribution in [3.8, 4) is 0 Å². The molecule has 1 aliphatic carbocycles. The van der Waals surface area contributed by atoms with Gasteiger partial charge in [-0.3, -0.25) is 0 Å². The fourth-order valence-corrected chi connectivity index (χ4v) is 2.99. The van der Waals surface area contributed by atoms with Crippen LogP contribution in [0.25, 0.3) is 0 Å². The molecular weight excluding hydrogens is 206 g/mol. The topological polar surface area (TPSA) is 32.3 Å². The molecule has 0 aromatic heterocycles. The number of rotatable bonds is 7. The Morgan fingerprint density at radius 1 is 1.33 bits per heavy atom. The van der Waals surface area contributed by atoms with Crippen LogP contribution in [-0.4, -0.2) is 34.8 Å². The number of hydrogen-bond donors (Lipinski definition) is 2. The van der Waals surface area contributed by atoms with Gasteiger partial charge in [-0.1, -0.05) is 20.3 Å². The third-order valence-electron chi connectivity index (χ3n) is 3.92. The quantitative estimate of drug-likeness (QED) is 0.706. The number of aliphatic hydroxyl groups is 1. The zero-order valence-electron chi connectivity index (χ0n) is 10.3. The molecule has 1 saturated carbocycles. The van der Waals surface area contributed by atoms with Gasteiger partial charge >= 0.3 is 0 Å². The Labute approximate surface area is 98.2 Å². The van der Waals surface area contributed by atoms with Gasteiger partial charge in [-0.15, -0.1) is 0 Å². The minimum atomic E-state index is -0.497. The Bertz CT molecular complexity index is 170. The Balaban J connectivity index is 2.25. The van der Waals surface area contributed by atoms with E-state index in [9.17, 15) is 5.11 Å². The van der Waals surface area contributed by atoms with Crippen LogP contribution in [0, 0.1) is 0 Å². The van der Waals surface area contributed by atoms with E-state index in [1.165, 1.54) is 19.3 Å². The first kappa shape index (κ1) is 13.3. The van der Waals surface area contributed by atoms with Gasteiger partial charge in [-0.2, -0.15) is 11.8 Å². The van der Waals surface area contributed by atoms with Crippen molar-refractivity contribution in [1.29, 1.82) is 0 Å². The van der Waals surface area contributed by atoms with E-state index in [1.807, 2.05) is 11.8 Å². The van der Waals surface area contributed by atoms with Crippen LogP contribution in [0.15, 0.2) is 0 Å². The second kappa shape index (κ2) is 5.55. The minimum absolute atomic E-state index is 0.475. The predicted octanol–water partition coefficient (Wildman–Crippen LogP) is 2.41. The second-order valence-electron chi connectivity index (χ2n) is 4.78. The normalized spacial score (nSPS) is 20.0. The molecule has 0 heterocycles. The number of hydrogen-bond acceptors (Lipinski definition) is 3. The highest BCUT2D eigenvalue weighted by Gasteiger charge is 2.36. The average molecular weight is 231 g/mol. The summed E-state index contributed by atoms with van der Waals surface area (Å²) in [6.07, 6.45) is 7.91. The fourth-order valence-electron chi connectivity index (χ4n) is 2.05. The van der Waals surface area contributed by atoms with E-state index in [0.717, 1.165) is 25.9 Å². The number of thioether (sulfide) groups is 1. The van der Waals surface area contributed by atoms with E-state index >= 15 is 0 Å². The fraction of sp³-hybridized carbons (Fsp3) is 1.00. The van der Waals surface area contributed by atoms with E-state index in [0.29, 0.717) is 4.75 Å². The van der Waals surface area contributed by atoms with Gasteiger partial charge < -0.3 is 10.4 Å². The van der Waals surface area contributed by atoms with Crippen LogP contribution < -0.4 is 5.32 Å². The van der Waals surface area contributed by atoms with Gasteiger partial charge in [-0.25, -0.2) is 0 Å². The molecule has 0 aliphatic heterocycles. The summed E-state index contributed by atoms with van der Waals surface area (Å²) in [7, 11) is 0. The van der Waals surface area contributed by atoms with E-state index in [-0.39, 0.29) is 0 Å². The summed E-state index contributed by atoms with van der Waals surface area (Å²) < 4.78 is 0.475. The van der Waals surface area contributed by atoms with Gasteiger partial charge in [0.15, 0.2) is 0 Å². The second-order valence-corrected chi connectivity index (χ2v) is 6.05. The summed E-state index contributed by atoms with van der Waals surface area (Å²) in [5, 5.41) is 13.6.